The lowest BCUT2D eigenvalue weighted by Gasteiger charge is -2.33. The van der Waals surface area contributed by atoms with Crippen LogP contribution in [-0.4, -0.2) is 57.1 Å². The molecule has 0 saturated heterocycles. The van der Waals surface area contributed by atoms with Gasteiger partial charge in [0.15, 0.2) is 0 Å². The highest BCUT2D eigenvalue weighted by molar-refractivity contribution is 7.92. The summed E-state index contributed by atoms with van der Waals surface area (Å²) in [5.41, 5.74) is 0.931. The van der Waals surface area contributed by atoms with E-state index in [1.54, 1.807) is 38.3 Å². The first-order valence-corrected chi connectivity index (χ1v) is 14.7. The van der Waals surface area contributed by atoms with Crippen molar-refractivity contribution in [2.24, 2.45) is 0 Å². The molecule has 1 fully saturated rings. The molecule has 3 rings (SSSR count). The maximum Gasteiger partial charge on any atom is 0.244 e. The van der Waals surface area contributed by atoms with Crippen molar-refractivity contribution >= 4 is 50.7 Å². The maximum absolute atomic E-state index is 13.7. The molecule has 2 aromatic carbocycles. The van der Waals surface area contributed by atoms with Crippen molar-refractivity contribution in [3.05, 3.63) is 58.1 Å². The molecule has 37 heavy (non-hydrogen) atoms. The number of sulfonamides is 1. The molecule has 0 radical (unpaired) electrons. The summed E-state index contributed by atoms with van der Waals surface area (Å²) < 4.78 is 31.5. The topological polar surface area (TPSA) is 96.0 Å². The number of hydrogen-bond donors (Lipinski definition) is 1. The predicted octanol–water partition coefficient (Wildman–Crippen LogP) is 4.63. The van der Waals surface area contributed by atoms with Crippen LogP contribution in [-0.2, 0) is 26.2 Å². The van der Waals surface area contributed by atoms with Crippen LogP contribution in [0.4, 0.5) is 5.69 Å². The van der Waals surface area contributed by atoms with Crippen LogP contribution in [0.1, 0.15) is 44.6 Å². The summed E-state index contributed by atoms with van der Waals surface area (Å²) >= 11 is 12.2. The first kappa shape index (κ1) is 29.1. The van der Waals surface area contributed by atoms with E-state index in [0.29, 0.717) is 5.75 Å². The molecule has 202 valence electrons. The van der Waals surface area contributed by atoms with Gasteiger partial charge in [0.25, 0.3) is 0 Å². The average molecular weight is 571 g/mol. The summed E-state index contributed by atoms with van der Waals surface area (Å²) in [4.78, 5) is 28.2. The SMILES string of the molecule is COc1ccc(CN(C(=O)CN(c2cc(Cl)cc(Cl)c2)S(C)(=O)=O)[C@H](C)C(=O)NC2CCCCC2)cc1. The maximum atomic E-state index is 13.7. The molecule has 1 aliphatic carbocycles. The molecule has 1 N–H and O–H groups in total. The van der Waals surface area contributed by atoms with Gasteiger partial charge in [-0.25, -0.2) is 8.42 Å². The Hall–Kier alpha value is -2.49. The second-order valence-corrected chi connectivity index (χ2v) is 12.1. The number of carbonyl (C=O) groups is 2. The number of ether oxygens (including phenoxy) is 1. The van der Waals surface area contributed by atoms with Gasteiger partial charge in [-0.15, -0.1) is 0 Å². The van der Waals surface area contributed by atoms with Crippen molar-refractivity contribution < 1.29 is 22.7 Å². The Morgan fingerprint density at radius 2 is 1.65 bits per heavy atom. The van der Waals surface area contributed by atoms with Gasteiger partial charge in [0.1, 0.15) is 18.3 Å². The third-order valence-corrected chi connectivity index (χ3v) is 8.02. The van der Waals surface area contributed by atoms with Gasteiger partial charge >= 0.3 is 0 Å². The number of methoxy groups -OCH3 is 1. The van der Waals surface area contributed by atoms with Gasteiger partial charge in [-0.05, 0) is 55.7 Å². The number of benzene rings is 2. The summed E-state index contributed by atoms with van der Waals surface area (Å²) in [6.45, 7) is 1.24. The van der Waals surface area contributed by atoms with Gasteiger partial charge in [-0.2, -0.15) is 0 Å². The molecule has 0 spiro atoms. The zero-order chi connectivity index (χ0) is 27.2. The van der Waals surface area contributed by atoms with Crippen LogP contribution in [0.2, 0.25) is 10.0 Å². The summed E-state index contributed by atoms with van der Waals surface area (Å²) in [7, 11) is -2.32. The van der Waals surface area contributed by atoms with Gasteiger partial charge in [0.05, 0.1) is 19.1 Å². The van der Waals surface area contributed by atoms with Crippen LogP contribution in [0.15, 0.2) is 42.5 Å². The molecule has 1 atom stereocenters. The van der Waals surface area contributed by atoms with Gasteiger partial charge in [-0.1, -0.05) is 54.6 Å². The molecule has 0 bridgehead atoms. The zero-order valence-corrected chi connectivity index (χ0v) is 23.6. The van der Waals surface area contributed by atoms with Crippen LogP contribution in [0.3, 0.4) is 0 Å². The quantitative estimate of drug-likeness (QED) is 0.449. The number of nitrogens with zero attached hydrogens (tertiary/aromatic N) is 2. The molecule has 11 heteroatoms. The number of amides is 2. The van der Waals surface area contributed by atoms with E-state index in [9.17, 15) is 18.0 Å². The van der Waals surface area contributed by atoms with E-state index in [-0.39, 0.29) is 34.2 Å². The Balaban J connectivity index is 1.89. The van der Waals surface area contributed by atoms with Crippen LogP contribution in [0.5, 0.6) is 5.75 Å². The predicted molar refractivity (Wildman–Crippen MR) is 147 cm³/mol. The fourth-order valence-electron chi connectivity index (χ4n) is 4.38. The van der Waals surface area contributed by atoms with Crippen molar-refractivity contribution in [3.8, 4) is 5.75 Å². The Labute approximate surface area is 228 Å². The van der Waals surface area contributed by atoms with Gasteiger partial charge in [0, 0.05) is 22.6 Å². The number of nitrogens with one attached hydrogen (secondary N) is 1. The van der Waals surface area contributed by atoms with E-state index in [0.717, 1.165) is 48.2 Å². The molecule has 0 heterocycles. The summed E-state index contributed by atoms with van der Waals surface area (Å²) in [5, 5.41) is 3.54. The van der Waals surface area contributed by atoms with Crippen molar-refractivity contribution in [3.63, 3.8) is 0 Å². The number of rotatable bonds is 10. The van der Waals surface area contributed by atoms with E-state index in [1.165, 1.54) is 23.1 Å². The smallest absolute Gasteiger partial charge is 0.244 e. The van der Waals surface area contributed by atoms with E-state index >= 15 is 0 Å². The Morgan fingerprint density at radius 1 is 1.05 bits per heavy atom. The van der Waals surface area contributed by atoms with E-state index in [4.69, 9.17) is 27.9 Å². The first-order chi connectivity index (χ1) is 17.5. The van der Waals surface area contributed by atoms with Gasteiger partial charge in [0.2, 0.25) is 21.8 Å². The highest BCUT2D eigenvalue weighted by Crippen LogP contribution is 2.27. The number of hydrogen-bond acceptors (Lipinski definition) is 5. The highest BCUT2D eigenvalue weighted by atomic mass is 35.5. The highest BCUT2D eigenvalue weighted by Gasteiger charge is 2.31. The van der Waals surface area contributed by atoms with Crippen LogP contribution >= 0.6 is 23.2 Å². The molecular weight excluding hydrogens is 537 g/mol. The zero-order valence-electron chi connectivity index (χ0n) is 21.2. The minimum absolute atomic E-state index is 0.0720. The van der Waals surface area contributed by atoms with Crippen molar-refractivity contribution in [1.82, 2.24) is 10.2 Å². The minimum Gasteiger partial charge on any atom is -0.497 e. The molecule has 0 aliphatic heterocycles. The first-order valence-electron chi connectivity index (χ1n) is 12.1. The molecule has 0 aromatic heterocycles. The molecule has 8 nitrogen and oxygen atoms in total. The van der Waals surface area contributed by atoms with Crippen molar-refractivity contribution in [1.29, 1.82) is 0 Å². The Bertz CT molecular complexity index is 1180. The lowest BCUT2D eigenvalue weighted by atomic mass is 9.95. The molecule has 1 aliphatic rings. The van der Waals surface area contributed by atoms with Gasteiger partial charge in [-0.3, -0.25) is 13.9 Å². The van der Waals surface area contributed by atoms with Gasteiger partial charge < -0.3 is 15.0 Å². The van der Waals surface area contributed by atoms with E-state index < -0.39 is 28.5 Å². The Kier molecular flexibility index (Phi) is 10.1. The summed E-state index contributed by atoms with van der Waals surface area (Å²) in [5.74, 6) is -0.153. The fraction of sp³-hybridized carbons (Fsp3) is 0.462. The minimum atomic E-state index is -3.88. The number of halogens is 2. The van der Waals surface area contributed by atoms with E-state index in [2.05, 4.69) is 5.32 Å². The fourth-order valence-corrected chi connectivity index (χ4v) is 5.72. The summed E-state index contributed by atoms with van der Waals surface area (Å²) in [6.07, 6.45) is 6.07. The number of anilines is 1. The lowest BCUT2D eigenvalue weighted by Crippen LogP contribution is -2.52. The molecule has 2 amide bonds. The van der Waals surface area contributed by atoms with Crippen LogP contribution in [0.25, 0.3) is 0 Å². The van der Waals surface area contributed by atoms with E-state index in [1.807, 2.05) is 0 Å². The molecular formula is C26H33Cl2N3O5S. The number of carbonyl (C=O) groups excluding carboxylic acids is 2. The average Bonchev–Trinajstić information content (AvgIpc) is 2.85. The second kappa shape index (κ2) is 12.8. The summed E-state index contributed by atoms with van der Waals surface area (Å²) in [6, 6.07) is 10.7. The lowest BCUT2D eigenvalue weighted by molar-refractivity contribution is -0.139. The van der Waals surface area contributed by atoms with Crippen LogP contribution < -0.4 is 14.4 Å². The standard InChI is InChI=1S/C26H33Cl2N3O5S/c1-18(26(33)29-22-7-5-4-6-8-22)30(16-19-9-11-24(36-2)12-10-19)25(32)17-31(37(3,34)35)23-14-20(27)13-21(28)15-23/h9-15,18,22H,4-8,16-17H2,1-3H3,(H,29,33)/t18-/m1/s1. The van der Waals surface area contributed by atoms with Crippen molar-refractivity contribution in [2.45, 2.75) is 57.7 Å². The molecule has 1 saturated carbocycles. The normalized spacial score (nSPS) is 15.1. The third kappa shape index (κ3) is 8.25. The monoisotopic (exact) mass is 569 g/mol. The Morgan fingerprint density at radius 3 is 2.19 bits per heavy atom. The van der Waals surface area contributed by atoms with Crippen molar-refractivity contribution in [2.75, 3.05) is 24.2 Å². The third-order valence-electron chi connectivity index (χ3n) is 6.45. The second-order valence-electron chi connectivity index (χ2n) is 9.29. The molecule has 0 unspecified atom stereocenters. The largest absolute Gasteiger partial charge is 0.497 e. The van der Waals surface area contributed by atoms with Crippen LogP contribution in [0, 0.1) is 0 Å². The molecule has 2 aromatic rings.